The zero-order valence-corrected chi connectivity index (χ0v) is 9.58. The van der Waals surface area contributed by atoms with Crippen LogP contribution in [0.5, 0.6) is 0 Å². The number of aromatic nitrogens is 2. The molecule has 2 rings (SSSR count). The number of hydrogen-bond acceptors (Lipinski definition) is 2. The summed E-state index contributed by atoms with van der Waals surface area (Å²) >= 11 is 3.39. The van der Waals surface area contributed by atoms with Crippen LogP contribution in [0.1, 0.15) is 18.9 Å². The van der Waals surface area contributed by atoms with Crippen LogP contribution in [0.3, 0.4) is 0 Å². The number of fused-ring (bicyclic) bond motifs is 1. The van der Waals surface area contributed by atoms with Crippen LogP contribution >= 0.6 is 15.9 Å². The molecule has 0 aliphatic heterocycles. The third-order valence-electron chi connectivity index (χ3n) is 2.15. The minimum atomic E-state index is 0.963. The van der Waals surface area contributed by atoms with E-state index in [1.807, 2.05) is 24.5 Å². The highest BCUT2D eigenvalue weighted by molar-refractivity contribution is 9.10. The van der Waals surface area contributed by atoms with E-state index in [9.17, 15) is 0 Å². The lowest BCUT2D eigenvalue weighted by Crippen LogP contribution is -1.90. The van der Waals surface area contributed by atoms with Gasteiger partial charge in [0.1, 0.15) is 0 Å². The fourth-order valence-corrected chi connectivity index (χ4v) is 1.85. The molecule has 0 unspecified atom stereocenters. The molecule has 0 bridgehead atoms. The summed E-state index contributed by atoms with van der Waals surface area (Å²) in [5.74, 6) is 0. The van der Waals surface area contributed by atoms with Gasteiger partial charge in [0.2, 0.25) is 0 Å². The summed E-state index contributed by atoms with van der Waals surface area (Å²) in [4.78, 5) is 8.68. The molecule has 14 heavy (non-hydrogen) atoms. The molecule has 0 spiro atoms. The van der Waals surface area contributed by atoms with E-state index in [0.717, 1.165) is 28.3 Å². The molecule has 0 radical (unpaired) electrons. The molecule has 0 atom stereocenters. The third kappa shape index (κ3) is 1.77. The molecule has 0 aliphatic rings. The Kier molecular flexibility index (Phi) is 2.77. The Morgan fingerprint density at radius 3 is 3.00 bits per heavy atom. The van der Waals surface area contributed by atoms with Gasteiger partial charge in [-0.1, -0.05) is 13.3 Å². The second-order valence-corrected chi connectivity index (χ2v) is 4.16. The zero-order chi connectivity index (χ0) is 9.97. The molecule has 2 heterocycles. The molecule has 0 saturated heterocycles. The molecule has 2 aromatic rings. The van der Waals surface area contributed by atoms with E-state index in [1.165, 1.54) is 5.56 Å². The molecule has 0 saturated carbocycles. The van der Waals surface area contributed by atoms with Gasteiger partial charge < -0.3 is 0 Å². The highest BCUT2D eigenvalue weighted by Gasteiger charge is 2.02. The van der Waals surface area contributed by atoms with Gasteiger partial charge in [-0.2, -0.15) is 0 Å². The second kappa shape index (κ2) is 4.05. The summed E-state index contributed by atoms with van der Waals surface area (Å²) in [6.45, 7) is 2.17. The highest BCUT2D eigenvalue weighted by atomic mass is 79.9. The Balaban J connectivity index is 2.62. The van der Waals surface area contributed by atoms with Gasteiger partial charge in [0.15, 0.2) is 0 Å². The van der Waals surface area contributed by atoms with Crippen LogP contribution < -0.4 is 0 Å². The molecule has 0 fully saturated rings. The van der Waals surface area contributed by atoms with Crippen molar-refractivity contribution >= 4 is 27.0 Å². The number of pyridine rings is 2. The molecule has 0 N–H and O–H groups in total. The maximum atomic E-state index is 4.39. The topological polar surface area (TPSA) is 25.8 Å². The Hall–Kier alpha value is -0.960. The van der Waals surface area contributed by atoms with E-state index < -0.39 is 0 Å². The van der Waals surface area contributed by atoms with Gasteiger partial charge in [-0.3, -0.25) is 9.97 Å². The van der Waals surface area contributed by atoms with E-state index in [-0.39, 0.29) is 0 Å². The summed E-state index contributed by atoms with van der Waals surface area (Å²) < 4.78 is 0.978. The van der Waals surface area contributed by atoms with Gasteiger partial charge in [0, 0.05) is 16.9 Å². The van der Waals surface area contributed by atoms with Crippen LogP contribution in [0, 0.1) is 0 Å². The normalized spacial score (nSPS) is 10.7. The lowest BCUT2D eigenvalue weighted by molar-refractivity contribution is 0.924. The van der Waals surface area contributed by atoms with E-state index in [0.29, 0.717) is 0 Å². The van der Waals surface area contributed by atoms with Crippen LogP contribution in [-0.4, -0.2) is 9.97 Å². The quantitative estimate of drug-likeness (QED) is 0.817. The minimum Gasteiger partial charge on any atom is -0.255 e. The van der Waals surface area contributed by atoms with Crippen LogP contribution in [0.15, 0.2) is 29.0 Å². The molecule has 3 heteroatoms. The number of rotatable bonds is 2. The smallest absolute Gasteiger partial charge is 0.0919 e. The molecule has 72 valence electrons. The summed E-state index contributed by atoms with van der Waals surface area (Å²) in [6, 6.07) is 4.05. The van der Waals surface area contributed by atoms with Crippen molar-refractivity contribution in [3.05, 3.63) is 34.6 Å². The standard InChI is InChI=1S/C11H11BrN2/c1-2-3-8-4-5-13-10-6-9(12)7-14-11(8)10/h4-7H,2-3H2,1H3. The molecular weight excluding hydrogens is 240 g/mol. The van der Waals surface area contributed by atoms with Gasteiger partial charge in [-0.25, -0.2) is 0 Å². The first kappa shape index (κ1) is 9.59. The van der Waals surface area contributed by atoms with Crippen molar-refractivity contribution in [1.82, 2.24) is 9.97 Å². The fourth-order valence-electron chi connectivity index (χ4n) is 1.53. The maximum absolute atomic E-state index is 4.39. The third-order valence-corrected chi connectivity index (χ3v) is 2.58. The number of halogens is 1. The predicted molar refractivity (Wildman–Crippen MR) is 61.2 cm³/mol. The van der Waals surface area contributed by atoms with Crippen molar-refractivity contribution in [1.29, 1.82) is 0 Å². The SMILES string of the molecule is CCCc1ccnc2cc(Br)cnc12. The van der Waals surface area contributed by atoms with Gasteiger partial charge in [-0.15, -0.1) is 0 Å². The van der Waals surface area contributed by atoms with Crippen molar-refractivity contribution < 1.29 is 0 Å². The Labute approximate surface area is 91.5 Å². The first-order chi connectivity index (χ1) is 6.81. The average Bonchev–Trinajstić information content (AvgIpc) is 2.18. The Bertz CT molecular complexity index is 454. The summed E-state index contributed by atoms with van der Waals surface area (Å²) in [7, 11) is 0. The van der Waals surface area contributed by atoms with E-state index in [2.05, 4.69) is 32.8 Å². The monoisotopic (exact) mass is 250 g/mol. The van der Waals surface area contributed by atoms with Crippen LogP contribution in [0.25, 0.3) is 11.0 Å². The number of aryl methyl sites for hydroxylation is 1. The molecule has 2 aromatic heterocycles. The van der Waals surface area contributed by atoms with E-state index in [1.54, 1.807) is 0 Å². The van der Waals surface area contributed by atoms with Crippen molar-refractivity contribution in [3.8, 4) is 0 Å². The molecular formula is C11H11BrN2. The van der Waals surface area contributed by atoms with Gasteiger partial charge in [0.25, 0.3) is 0 Å². The molecule has 2 nitrogen and oxygen atoms in total. The molecule has 0 aromatic carbocycles. The van der Waals surface area contributed by atoms with Crippen molar-refractivity contribution in [2.45, 2.75) is 19.8 Å². The van der Waals surface area contributed by atoms with Gasteiger partial charge in [-0.05, 0) is 40.0 Å². The molecule has 0 aliphatic carbocycles. The van der Waals surface area contributed by atoms with Gasteiger partial charge in [0.05, 0.1) is 11.0 Å². The summed E-state index contributed by atoms with van der Waals surface area (Å²) in [6.07, 6.45) is 5.87. The highest BCUT2D eigenvalue weighted by Crippen LogP contribution is 2.19. The van der Waals surface area contributed by atoms with Crippen LogP contribution in [-0.2, 0) is 6.42 Å². The van der Waals surface area contributed by atoms with Crippen molar-refractivity contribution in [3.63, 3.8) is 0 Å². The lowest BCUT2D eigenvalue weighted by atomic mass is 10.1. The fraction of sp³-hybridized carbons (Fsp3) is 0.273. The minimum absolute atomic E-state index is 0.963. The number of nitrogens with zero attached hydrogens (tertiary/aromatic N) is 2. The average molecular weight is 251 g/mol. The summed E-state index contributed by atoms with van der Waals surface area (Å²) in [5.41, 5.74) is 3.27. The Morgan fingerprint density at radius 2 is 2.21 bits per heavy atom. The largest absolute Gasteiger partial charge is 0.255 e. The van der Waals surface area contributed by atoms with Crippen molar-refractivity contribution in [2.24, 2.45) is 0 Å². The maximum Gasteiger partial charge on any atom is 0.0919 e. The second-order valence-electron chi connectivity index (χ2n) is 3.24. The zero-order valence-electron chi connectivity index (χ0n) is 8.00. The summed E-state index contributed by atoms with van der Waals surface area (Å²) in [5, 5.41) is 0. The van der Waals surface area contributed by atoms with Crippen molar-refractivity contribution in [2.75, 3.05) is 0 Å². The first-order valence-electron chi connectivity index (χ1n) is 4.70. The van der Waals surface area contributed by atoms with E-state index >= 15 is 0 Å². The van der Waals surface area contributed by atoms with Crippen LogP contribution in [0.4, 0.5) is 0 Å². The Morgan fingerprint density at radius 1 is 1.36 bits per heavy atom. The van der Waals surface area contributed by atoms with Crippen LogP contribution in [0.2, 0.25) is 0 Å². The number of hydrogen-bond donors (Lipinski definition) is 0. The van der Waals surface area contributed by atoms with Gasteiger partial charge >= 0.3 is 0 Å². The lowest BCUT2D eigenvalue weighted by Gasteiger charge is -2.03. The van der Waals surface area contributed by atoms with E-state index in [4.69, 9.17) is 0 Å². The first-order valence-corrected chi connectivity index (χ1v) is 5.49. The molecule has 0 amide bonds. The predicted octanol–water partition coefficient (Wildman–Crippen LogP) is 3.34.